The van der Waals surface area contributed by atoms with E-state index in [1.807, 2.05) is 20.8 Å². The van der Waals surface area contributed by atoms with E-state index in [0.29, 0.717) is 51.4 Å². The molecule has 46 nitrogen and oxygen atoms in total. The lowest BCUT2D eigenvalue weighted by atomic mass is 9.33. The van der Waals surface area contributed by atoms with Gasteiger partial charge in [-0.25, -0.2) is 4.79 Å². The lowest BCUT2D eigenvalue weighted by Crippen LogP contribution is -2.69. The summed E-state index contributed by atoms with van der Waals surface area (Å²) in [5.74, 6) is -7.25. The van der Waals surface area contributed by atoms with Crippen molar-refractivity contribution in [1.82, 2.24) is 0 Å². The molecule has 13 rings (SSSR count). The number of carbonyl (C=O) groups excluding carboxylic acids is 4. The summed E-state index contributed by atoms with van der Waals surface area (Å²) in [7, 11) is 0. The number of aliphatic hydroxyl groups excluding tert-OH is 22. The first-order valence-electron chi connectivity index (χ1n) is 48.4. The van der Waals surface area contributed by atoms with E-state index in [1.165, 1.54) is 13.8 Å². The van der Waals surface area contributed by atoms with Crippen LogP contribution in [-0.4, -0.2) is 439 Å². The summed E-state index contributed by atoms with van der Waals surface area (Å²) in [5, 5.41) is 256. The fourth-order valence-corrected chi connectivity index (χ4v) is 24.1. The number of aldehydes is 1. The maximum Gasteiger partial charge on any atom is 0.335 e. The summed E-state index contributed by atoms with van der Waals surface area (Å²) in [5.41, 5.74) is -5.53. The van der Waals surface area contributed by atoms with Crippen molar-refractivity contribution < 1.29 is 227 Å². The smallest absolute Gasteiger partial charge is 0.335 e. The van der Waals surface area contributed by atoms with Gasteiger partial charge in [0, 0.05) is 12.8 Å². The number of carboxylic acid groups (broad SMARTS) is 1. The number of aliphatic carboxylic acids is 1. The summed E-state index contributed by atoms with van der Waals surface area (Å²) in [6, 6.07) is 0. The van der Waals surface area contributed by atoms with Crippen LogP contribution in [-0.2, 0) is 109 Å². The van der Waals surface area contributed by atoms with Crippen LogP contribution in [0.3, 0.4) is 0 Å². The minimum Gasteiger partial charge on any atom is -0.479 e. The zero-order chi connectivity index (χ0) is 101. The van der Waals surface area contributed by atoms with Gasteiger partial charge < -0.3 is 208 Å². The third-order valence-corrected chi connectivity index (χ3v) is 33.2. The van der Waals surface area contributed by atoms with Crippen LogP contribution >= 0.6 is 0 Å². The minimum absolute atomic E-state index is 0.0129. The fraction of sp³-hybridized carbons (Fsp3) is 0.924. The van der Waals surface area contributed by atoms with Crippen molar-refractivity contribution in [2.75, 3.05) is 33.0 Å². The number of aliphatic hydroxyl groups is 22. The molecule has 5 aliphatic carbocycles. The molecule has 0 aromatic heterocycles. The van der Waals surface area contributed by atoms with Gasteiger partial charge in [0.2, 0.25) is 6.29 Å². The Morgan fingerprint density at radius 1 is 0.471 bits per heavy atom. The molecular formula is C92H148O46. The van der Waals surface area contributed by atoms with Crippen LogP contribution in [0.2, 0.25) is 0 Å². The Morgan fingerprint density at radius 2 is 0.978 bits per heavy atom. The molecule has 0 spiro atoms. The van der Waals surface area contributed by atoms with Crippen molar-refractivity contribution in [2.24, 2.45) is 62.1 Å². The van der Waals surface area contributed by atoms with Gasteiger partial charge in [-0.2, -0.15) is 0 Å². The lowest BCUT2D eigenvalue weighted by molar-refractivity contribution is -0.391. The van der Waals surface area contributed by atoms with E-state index in [9.17, 15) is 137 Å². The Bertz CT molecular complexity index is 4080. The van der Waals surface area contributed by atoms with Crippen LogP contribution < -0.4 is 0 Å². The zero-order valence-corrected chi connectivity index (χ0v) is 79.6. The van der Waals surface area contributed by atoms with Crippen molar-refractivity contribution in [1.29, 1.82) is 0 Å². The highest BCUT2D eigenvalue weighted by Gasteiger charge is 2.74. The molecule has 0 aromatic carbocycles. The topological polar surface area (TPSA) is 717 Å². The number of carbonyl (C=O) groups is 5. The zero-order valence-electron chi connectivity index (χ0n) is 79.6. The summed E-state index contributed by atoms with van der Waals surface area (Å²) >= 11 is 0. The van der Waals surface area contributed by atoms with Crippen molar-refractivity contribution >= 4 is 30.2 Å². The van der Waals surface area contributed by atoms with E-state index in [2.05, 4.69) is 26.8 Å². The molecule has 13 aliphatic rings. The third kappa shape index (κ3) is 21.6. The van der Waals surface area contributed by atoms with Gasteiger partial charge in [-0.1, -0.05) is 93.7 Å². The van der Waals surface area contributed by atoms with Crippen molar-refractivity contribution in [3.63, 3.8) is 0 Å². The van der Waals surface area contributed by atoms with Gasteiger partial charge in [0.1, 0.15) is 158 Å². The predicted octanol–water partition coefficient (Wildman–Crippen LogP) is -5.69. The van der Waals surface area contributed by atoms with Crippen LogP contribution in [0.4, 0.5) is 0 Å². The molecule has 0 bridgehead atoms. The monoisotopic (exact) mass is 1990 g/mol. The molecule has 23 N–H and O–H groups in total. The highest BCUT2D eigenvalue weighted by atomic mass is 16.8. The number of esters is 3. The fourth-order valence-electron chi connectivity index (χ4n) is 24.1. The standard InChI is InChI=1S/C92H148O46/c1-13-35(3)46(126-54(102)25-40(97)24-47(36(4)14-2)127-82-64(112)59(107)49(30-94)128-82)23-39(96)26-55(103)131-71-38(6)125-84(75(67(71)115)136-81-66(114)61(109)70(37(5)124-81)132-80-69(117)72(45(100)33-123-80)133-78-62(110)56(104)43(98)31-121-78)138-86(120)92-22-21-87(7,8)27-42(92)41-15-16-51-88(9)19-18-53(89(10,34-95)50(88)17-20-90(51,11)91(41,12)28-52(92)101)130-85-76(137-83-65(113)60(108)58(106)48(29-93)129-83)73(68(116)74(135-85)77(118)119)134-79-63(111)57(105)44(99)32-122-79/h15,34-40,42-53,56-76,78-85,93-94,96-101,104-117H,13-14,16-33H2,1-12H3,(H,118,119)/t35-,36-,37?,38?,39-,40-,42?,43?,44?,45?,46-,47-,48?,49?,50?,51?,52+,53-,56?,57?,58?,59?,60?,61?,62?,63?,64?,65?,66?,67?,68?,69?,70?,71?,72?,73?,74?,75?,76?,78?,79?,80?,81?,82?,83?,84?,85?,88-,89-,90+,91+,92+/m0/s1. The predicted molar refractivity (Wildman–Crippen MR) is 458 cm³/mol. The summed E-state index contributed by atoms with van der Waals surface area (Å²) in [4.78, 5) is 72.1. The Kier molecular flexibility index (Phi) is 35.8. The van der Waals surface area contributed by atoms with Crippen molar-refractivity contribution in [3.8, 4) is 0 Å². The van der Waals surface area contributed by atoms with E-state index >= 15 is 4.79 Å². The maximum atomic E-state index is 16.4. The molecule has 39 unspecified atom stereocenters. The lowest BCUT2D eigenvalue weighted by Gasteiger charge is -2.71. The highest BCUT2D eigenvalue weighted by molar-refractivity contribution is 5.80. The Hall–Kier alpha value is -4.19. The molecular weight excluding hydrogens is 1840 g/mol. The highest BCUT2D eigenvalue weighted by Crippen LogP contribution is 2.76. The molecule has 8 aliphatic heterocycles. The van der Waals surface area contributed by atoms with Crippen LogP contribution in [0.25, 0.3) is 0 Å². The largest absolute Gasteiger partial charge is 0.479 e. The van der Waals surface area contributed by atoms with Crippen molar-refractivity contribution in [3.05, 3.63) is 11.6 Å². The molecule has 46 heteroatoms. The molecule has 138 heavy (non-hydrogen) atoms. The van der Waals surface area contributed by atoms with Gasteiger partial charge >= 0.3 is 23.9 Å². The van der Waals surface area contributed by atoms with Gasteiger partial charge in [0.05, 0.1) is 94.0 Å². The second kappa shape index (κ2) is 44.5. The number of hydrogen-bond donors (Lipinski definition) is 23. The van der Waals surface area contributed by atoms with Gasteiger partial charge in [-0.3, -0.25) is 14.4 Å². The normalized spacial score (nSPS) is 48.8. The second-order valence-electron chi connectivity index (χ2n) is 42.5. The van der Waals surface area contributed by atoms with Crippen LogP contribution in [0.5, 0.6) is 0 Å². The number of ether oxygens (including phenoxy) is 18. The number of fused-ring (bicyclic) bond motifs is 7. The summed E-state index contributed by atoms with van der Waals surface area (Å²) in [6.45, 7) is 18.6. The van der Waals surface area contributed by atoms with Crippen LogP contribution in [0.1, 0.15) is 179 Å². The summed E-state index contributed by atoms with van der Waals surface area (Å²) < 4.78 is 108. The second-order valence-corrected chi connectivity index (χ2v) is 42.5. The van der Waals surface area contributed by atoms with E-state index in [0.717, 1.165) is 11.9 Å². The maximum absolute atomic E-state index is 16.4. The molecule has 0 amide bonds. The molecule has 4 saturated carbocycles. The molecule has 12 fully saturated rings. The van der Waals surface area contributed by atoms with E-state index in [1.54, 1.807) is 27.7 Å². The molecule has 8 saturated heterocycles. The average molecular weight is 1990 g/mol. The van der Waals surface area contributed by atoms with Gasteiger partial charge in [-0.05, 0) is 123 Å². The number of allylic oxidation sites excluding steroid dienone is 2. The van der Waals surface area contributed by atoms with Crippen LogP contribution in [0.15, 0.2) is 11.6 Å². The number of rotatable bonds is 34. The quantitative estimate of drug-likeness (QED) is 0.00939. The third-order valence-electron chi connectivity index (χ3n) is 33.2. The average Bonchev–Trinajstić information content (AvgIpc) is 0.703. The van der Waals surface area contributed by atoms with Crippen molar-refractivity contribution in [2.45, 2.75) is 437 Å². The number of carboxylic acids is 1. The minimum atomic E-state index is -2.27. The number of hydrogen-bond acceptors (Lipinski definition) is 45. The first-order valence-corrected chi connectivity index (χ1v) is 48.4. The molecule has 792 valence electrons. The van der Waals surface area contributed by atoms with Gasteiger partial charge in [-0.15, -0.1) is 0 Å². The van der Waals surface area contributed by atoms with E-state index < -0.39 is 378 Å². The molecule has 8 heterocycles. The molecule has 0 radical (unpaired) electrons. The first-order chi connectivity index (χ1) is 64.8. The molecule has 0 aromatic rings. The van der Waals surface area contributed by atoms with E-state index in [4.69, 9.17) is 85.3 Å². The van der Waals surface area contributed by atoms with Crippen LogP contribution in [0, 0.1) is 62.1 Å². The first kappa shape index (κ1) is 111. The Balaban J connectivity index is 0.748. The summed E-state index contributed by atoms with van der Waals surface area (Å²) in [6.07, 6.45) is -69.7. The Morgan fingerprint density at radius 3 is 1.58 bits per heavy atom. The van der Waals surface area contributed by atoms with Gasteiger partial charge in [0.15, 0.2) is 62.3 Å². The van der Waals surface area contributed by atoms with E-state index in [-0.39, 0.29) is 43.9 Å². The molecule has 52 atom stereocenters. The Labute approximate surface area is 797 Å². The van der Waals surface area contributed by atoms with Gasteiger partial charge in [0.25, 0.3) is 0 Å². The SMILES string of the molecule is CC[C@H](C)[C@H](C[C@H](O)CC(=O)OC1C(C)OC(OC(=O)[C@]23CCC(C)(C)CC2C2=CCC4[C@@]5(C)CC[C@H](OC6OC(C(=O)O)C(O)C(OC7OCC(O)C(O)C7O)C6OC6OC(CO)C(O)C(O)C6O)[C@@](C)(C=O)C5CC[C@@]4(C)[C@]2(C)C[C@H]3O)C(OC2OC(C)C(OC3OCC(O)C(OC4OCC(O)C(O)C4O)C3O)C(O)C2O)C1O)OC(=O)C[C@@H](O)C[C@H](OC1OC(CO)C(O)C1O)[C@@H](C)CC.